The molecule has 4 nitrogen and oxygen atoms in total. The number of nitrogen functional groups attached to an aromatic ring is 1. The lowest BCUT2D eigenvalue weighted by molar-refractivity contribution is 0.102. The largest absolute Gasteiger partial charge is 0.491 e. The SMILES string of the molecule is CC(C)Oc1cccc(NC(=O)c2ccccc2N)c1. The molecule has 2 aromatic rings. The van der Waals surface area contributed by atoms with Crippen molar-refractivity contribution in [2.45, 2.75) is 20.0 Å². The molecule has 0 radical (unpaired) electrons. The molecule has 0 aromatic heterocycles. The summed E-state index contributed by atoms with van der Waals surface area (Å²) in [5, 5.41) is 2.81. The Morgan fingerprint density at radius 1 is 1.15 bits per heavy atom. The van der Waals surface area contributed by atoms with Gasteiger partial charge in [0.25, 0.3) is 5.91 Å². The van der Waals surface area contributed by atoms with Crippen LogP contribution in [0.2, 0.25) is 0 Å². The molecule has 0 aliphatic carbocycles. The van der Waals surface area contributed by atoms with Crippen molar-refractivity contribution in [1.82, 2.24) is 0 Å². The highest BCUT2D eigenvalue weighted by atomic mass is 16.5. The van der Waals surface area contributed by atoms with Crippen LogP contribution in [0.25, 0.3) is 0 Å². The number of rotatable bonds is 4. The van der Waals surface area contributed by atoms with Gasteiger partial charge in [0.1, 0.15) is 5.75 Å². The molecule has 1 amide bonds. The van der Waals surface area contributed by atoms with Crippen LogP contribution in [0.15, 0.2) is 48.5 Å². The van der Waals surface area contributed by atoms with Crippen LogP contribution >= 0.6 is 0 Å². The van der Waals surface area contributed by atoms with Gasteiger partial charge in [0.2, 0.25) is 0 Å². The van der Waals surface area contributed by atoms with Crippen molar-refractivity contribution < 1.29 is 9.53 Å². The molecule has 0 aliphatic heterocycles. The van der Waals surface area contributed by atoms with E-state index in [1.807, 2.05) is 32.0 Å². The van der Waals surface area contributed by atoms with E-state index in [9.17, 15) is 4.79 Å². The van der Waals surface area contributed by atoms with Gasteiger partial charge in [-0.2, -0.15) is 0 Å². The number of carbonyl (C=O) groups excluding carboxylic acids is 1. The van der Waals surface area contributed by atoms with Gasteiger partial charge in [-0.1, -0.05) is 18.2 Å². The molecule has 0 fully saturated rings. The van der Waals surface area contributed by atoms with Gasteiger partial charge in [-0.05, 0) is 38.1 Å². The van der Waals surface area contributed by atoms with Crippen LogP contribution in [0, 0.1) is 0 Å². The van der Waals surface area contributed by atoms with Gasteiger partial charge < -0.3 is 15.8 Å². The summed E-state index contributed by atoms with van der Waals surface area (Å²) in [6.07, 6.45) is 0.0886. The standard InChI is InChI=1S/C16H18N2O2/c1-11(2)20-13-7-5-6-12(10-13)18-16(19)14-8-3-4-9-15(14)17/h3-11H,17H2,1-2H3,(H,18,19). The Morgan fingerprint density at radius 2 is 1.90 bits per heavy atom. The summed E-state index contributed by atoms with van der Waals surface area (Å²) in [5.41, 5.74) is 7.38. The fourth-order valence-corrected chi connectivity index (χ4v) is 1.82. The molecule has 0 heterocycles. The lowest BCUT2D eigenvalue weighted by Gasteiger charge is -2.12. The zero-order valence-electron chi connectivity index (χ0n) is 11.6. The van der Waals surface area contributed by atoms with Crippen LogP contribution in [0.3, 0.4) is 0 Å². The summed E-state index contributed by atoms with van der Waals surface area (Å²) in [6.45, 7) is 3.91. The third-order valence-electron chi connectivity index (χ3n) is 2.67. The topological polar surface area (TPSA) is 64.3 Å². The molecule has 0 atom stereocenters. The number of nitrogens with one attached hydrogen (secondary N) is 1. The van der Waals surface area contributed by atoms with Crippen LogP contribution in [0.5, 0.6) is 5.75 Å². The summed E-state index contributed by atoms with van der Waals surface area (Å²) >= 11 is 0. The van der Waals surface area contributed by atoms with E-state index in [2.05, 4.69) is 5.32 Å². The summed E-state index contributed by atoms with van der Waals surface area (Å²) < 4.78 is 5.59. The van der Waals surface area contributed by atoms with Crippen molar-refractivity contribution in [3.05, 3.63) is 54.1 Å². The highest BCUT2D eigenvalue weighted by Gasteiger charge is 2.09. The van der Waals surface area contributed by atoms with E-state index in [4.69, 9.17) is 10.5 Å². The number of hydrogen-bond acceptors (Lipinski definition) is 3. The van der Waals surface area contributed by atoms with Gasteiger partial charge in [0.05, 0.1) is 11.7 Å². The quantitative estimate of drug-likeness (QED) is 0.838. The molecule has 0 bridgehead atoms. The summed E-state index contributed by atoms with van der Waals surface area (Å²) in [7, 11) is 0. The Labute approximate surface area is 118 Å². The van der Waals surface area contributed by atoms with E-state index >= 15 is 0 Å². The van der Waals surface area contributed by atoms with Crippen LogP contribution in [-0.4, -0.2) is 12.0 Å². The lowest BCUT2D eigenvalue weighted by Crippen LogP contribution is -2.14. The van der Waals surface area contributed by atoms with Gasteiger partial charge in [0, 0.05) is 17.4 Å². The Bertz CT molecular complexity index is 609. The molecular weight excluding hydrogens is 252 g/mol. The lowest BCUT2D eigenvalue weighted by atomic mass is 10.1. The minimum Gasteiger partial charge on any atom is -0.491 e. The van der Waals surface area contributed by atoms with Crippen molar-refractivity contribution in [3.8, 4) is 5.75 Å². The number of amides is 1. The molecule has 0 saturated heterocycles. The first-order chi connectivity index (χ1) is 9.56. The fourth-order valence-electron chi connectivity index (χ4n) is 1.82. The van der Waals surface area contributed by atoms with Crippen molar-refractivity contribution >= 4 is 17.3 Å². The van der Waals surface area contributed by atoms with Crippen molar-refractivity contribution in [2.24, 2.45) is 0 Å². The monoisotopic (exact) mass is 270 g/mol. The number of hydrogen-bond donors (Lipinski definition) is 2. The van der Waals surface area contributed by atoms with Gasteiger partial charge in [-0.3, -0.25) is 4.79 Å². The maximum atomic E-state index is 12.1. The second-order valence-corrected chi connectivity index (χ2v) is 4.74. The normalized spacial score (nSPS) is 10.3. The summed E-state index contributed by atoms with van der Waals surface area (Å²) in [5.74, 6) is 0.489. The molecule has 20 heavy (non-hydrogen) atoms. The Morgan fingerprint density at radius 3 is 2.60 bits per heavy atom. The maximum absolute atomic E-state index is 12.1. The molecule has 104 valence electrons. The molecule has 0 aliphatic rings. The molecule has 0 saturated carbocycles. The number of para-hydroxylation sites is 1. The van der Waals surface area contributed by atoms with Crippen LogP contribution in [0.1, 0.15) is 24.2 Å². The second kappa shape index (κ2) is 6.10. The number of carbonyl (C=O) groups is 1. The average molecular weight is 270 g/mol. The van der Waals surface area contributed by atoms with Crippen LogP contribution in [-0.2, 0) is 0 Å². The zero-order valence-corrected chi connectivity index (χ0v) is 11.6. The molecule has 3 N–H and O–H groups in total. The van der Waals surface area contributed by atoms with Gasteiger partial charge in [-0.15, -0.1) is 0 Å². The van der Waals surface area contributed by atoms with Gasteiger partial charge in [-0.25, -0.2) is 0 Å². The second-order valence-electron chi connectivity index (χ2n) is 4.74. The molecule has 4 heteroatoms. The van der Waals surface area contributed by atoms with E-state index in [-0.39, 0.29) is 12.0 Å². The Kier molecular flexibility index (Phi) is 4.25. The summed E-state index contributed by atoms with van der Waals surface area (Å²) in [6, 6.07) is 14.3. The molecule has 2 rings (SSSR count). The van der Waals surface area contributed by atoms with Gasteiger partial charge in [0.15, 0.2) is 0 Å². The average Bonchev–Trinajstić information content (AvgIpc) is 2.38. The van der Waals surface area contributed by atoms with E-state index in [1.165, 1.54) is 0 Å². The molecule has 0 unspecified atom stereocenters. The molecule has 2 aromatic carbocycles. The van der Waals surface area contributed by atoms with Crippen LogP contribution in [0.4, 0.5) is 11.4 Å². The highest BCUT2D eigenvalue weighted by Crippen LogP contribution is 2.20. The zero-order chi connectivity index (χ0) is 14.5. The van der Waals surface area contributed by atoms with E-state index < -0.39 is 0 Å². The van der Waals surface area contributed by atoms with Crippen molar-refractivity contribution in [3.63, 3.8) is 0 Å². The number of nitrogens with two attached hydrogens (primary N) is 1. The first kappa shape index (κ1) is 13.9. The van der Waals surface area contributed by atoms with E-state index in [0.717, 1.165) is 5.75 Å². The molecular formula is C16H18N2O2. The predicted octanol–water partition coefficient (Wildman–Crippen LogP) is 3.31. The highest BCUT2D eigenvalue weighted by molar-refractivity contribution is 6.07. The van der Waals surface area contributed by atoms with Gasteiger partial charge >= 0.3 is 0 Å². The first-order valence-electron chi connectivity index (χ1n) is 6.49. The van der Waals surface area contributed by atoms with E-state index in [1.54, 1.807) is 30.3 Å². The Balaban J connectivity index is 2.14. The summed E-state index contributed by atoms with van der Waals surface area (Å²) in [4.78, 5) is 12.1. The van der Waals surface area contributed by atoms with Crippen molar-refractivity contribution in [2.75, 3.05) is 11.1 Å². The van der Waals surface area contributed by atoms with Crippen LogP contribution < -0.4 is 15.8 Å². The minimum absolute atomic E-state index is 0.0886. The third kappa shape index (κ3) is 3.51. The fraction of sp³-hybridized carbons (Fsp3) is 0.188. The molecule has 0 spiro atoms. The minimum atomic E-state index is -0.232. The maximum Gasteiger partial charge on any atom is 0.257 e. The number of anilines is 2. The number of benzene rings is 2. The smallest absolute Gasteiger partial charge is 0.257 e. The third-order valence-corrected chi connectivity index (χ3v) is 2.67. The first-order valence-corrected chi connectivity index (χ1v) is 6.49. The van der Waals surface area contributed by atoms with E-state index in [0.29, 0.717) is 16.9 Å². The predicted molar refractivity (Wildman–Crippen MR) is 81.0 cm³/mol. The van der Waals surface area contributed by atoms with Crippen molar-refractivity contribution in [1.29, 1.82) is 0 Å². The number of ether oxygens (including phenoxy) is 1. The Hall–Kier alpha value is -2.49.